The highest BCUT2D eigenvalue weighted by Gasteiger charge is 2.08. The Labute approximate surface area is 72.4 Å². The molecule has 66 valence electrons. The van der Waals surface area contributed by atoms with E-state index in [-0.39, 0.29) is 0 Å². The maximum Gasteiger partial charge on any atom is 0.153 e. The van der Waals surface area contributed by atoms with Crippen LogP contribution in [0.2, 0.25) is 0 Å². The fraction of sp³-hybridized carbons (Fsp3) is 0.556. The largest absolute Gasteiger partial charge is 0.298 e. The molecule has 0 radical (unpaired) electrons. The molecule has 0 N–H and O–H groups in total. The Bertz CT molecular complexity index is 276. The number of nitrogens with zero attached hydrogens (tertiary/aromatic N) is 2. The first-order valence-corrected chi connectivity index (χ1v) is 4.11. The van der Waals surface area contributed by atoms with Gasteiger partial charge in [-0.2, -0.15) is 5.10 Å². The third kappa shape index (κ3) is 1.72. The number of rotatable bonds is 3. The van der Waals surface area contributed by atoms with Crippen molar-refractivity contribution in [1.82, 2.24) is 9.78 Å². The van der Waals surface area contributed by atoms with E-state index in [2.05, 4.69) is 18.9 Å². The van der Waals surface area contributed by atoms with Gasteiger partial charge in [-0.15, -0.1) is 0 Å². The maximum atomic E-state index is 10.6. The highest BCUT2D eigenvalue weighted by atomic mass is 16.1. The van der Waals surface area contributed by atoms with Crippen LogP contribution in [-0.2, 0) is 13.5 Å². The van der Waals surface area contributed by atoms with E-state index in [1.165, 1.54) is 0 Å². The molecule has 0 aliphatic carbocycles. The zero-order valence-electron chi connectivity index (χ0n) is 7.74. The average molecular weight is 166 g/mol. The van der Waals surface area contributed by atoms with Crippen LogP contribution in [0.3, 0.4) is 0 Å². The summed E-state index contributed by atoms with van der Waals surface area (Å²) < 4.78 is 1.77. The molecule has 0 atom stereocenters. The van der Waals surface area contributed by atoms with Crippen LogP contribution in [0.5, 0.6) is 0 Å². The van der Waals surface area contributed by atoms with E-state index >= 15 is 0 Å². The predicted molar refractivity (Wildman–Crippen MR) is 47.1 cm³/mol. The van der Waals surface area contributed by atoms with Crippen LogP contribution in [0.1, 0.15) is 29.9 Å². The van der Waals surface area contributed by atoms with Gasteiger partial charge in [-0.1, -0.05) is 13.8 Å². The van der Waals surface area contributed by atoms with Crippen molar-refractivity contribution in [2.24, 2.45) is 13.0 Å². The third-order valence-electron chi connectivity index (χ3n) is 1.82. The van der Waals surface area contributed by atoms with Crippen LogP contribution in [0.4, 0.5) is 0 Å². The van der Waals surface area contributed by atoms with Gasteiger partial charge in [0.2, 0.25) is 0 Å². The van der Waals surface area contributed by atoms with Gasteiger partial charge in [0.1, 0.15) is 0 Å². The van der Waals surface area contributed by atoms with Gasteiger partial charge < -0.3 is 0 Å². The van der Waals surface area contributed by atoms with Crippen LogP contribution in [0.15, 0.2) is 6.20 Å². The number of aryl methyl sites for hydroxylation is 1. The molecule has 0 spiro atoms. The molecule has 3 heteroatoms. The third-order valence-corrected chi connectivity index (χ3v) is 1.82. The summed E-state index contributed by atoms with van der Waals surface area (Å²) in [5.74, 6) is 0.555. The van der Waals surface area contributed by atoms with Crippen molar-refractivity contribution in [3.63, 3.8) is 0 Å². The molecular formula is C9H14N2O. The first kappa shape index (κ1) is 8.97. The van der Waals surface area contributed by atoms with Crippen molar-refractivity contribution in [1.29, 1.82) is 0 Å². The lowest BCUT2D eigenvalue weighted by atomic mass is 10.1. The Morgan fingerprint density at radius 2 is 2.33 bits per heavy atom. The van der Waals surface area contributed by atoms with Crippen molar-refractivity contribution in [2.45, 2.75) is 20.3 Å². The molecule has 0 aromatic carbocycles. The molecule has 1 heterocycles. The number of aromatic nitrogens is 2. The molecule has 0 saturated heterocycles. The highest BCUT2D eigenvalue weighted by Crippen LogP contribution is 2.10. The number of carbonyl (C=O) groups is 1. The molecule has 0 aliphatic heterocycles. The summed E-state index contributed by atoms with van der Waals surface area (Å²) in [6, 6.07) is 0. The maximum absolute atomic E-state index is 10.6. The zero-order chi connectivity index (χ0) is 9.14. The Kier molecular flexibility index (Phi) is 2.63. The molecule has 0 bridgehead atoms. The number of carbonyl (C=O) groups excluding carboxylic acids is 1. The fourth-order valence-electron chi connectivity index (χ4n) is 1.21. The van der Waals surface area contributed by atoms with Gasteiger partial charge in [-0.05, 0) is 12.3 Å². The van der Waals surface area contributed by atoms with E-state index in [0.717, 1.165) is 18.4 Å². The smallest absolute Gasteiger partial charge is 0.153 e. The normalized spacial score (nSPS) is 10.7. The lowest BCUT2D eigenvalue weighted by Gasteiger charge is -2.05. The second-order valence-corrected chi connectivity index (χ2v) is 3.39. The van der Waals surface area contributed by atoms with E-state index in [1.807, 2.05) is 7.05 Å². The topological polar surface area (TPSA) is 34.9 Å². The van der Waals surface area contributed by atoms with Gasteiger partial charge in [-0.25, -0.2) is 0 Å². The molecule has 1 aromatic rings. The van der Waals surface area contributed by atoms with Gasteiger partial charge in [0, 0.05) is 12.7 Å². The van der Waals surface area contributed by atoms with Crippen molar-refractivity contribution in [3.05, 3.63) is 17.5 Å². The fourth-order valence-corrected chi connectivity index (χ4v) is 1.21. The van der Waals surface area contributed by atoms with E-state index in [4.69, 9.17) is 0 Å². The summed E-state index contributed by atoms with van der Waals surface area (Å²) in [4.78, 5) is 10.6. The van der Waals surface area contributed by atoms with E-state index in [0.29, 0.717) is 11.5 Å². The van der Waals surface area contributed by atoms with Crippen LogP contribution in [-0.4, -0.2) is 16.1 Å². The van der Waals surface area contributed by atoms with Crippen LogP contribution in [0.25, 0.3) is 0 Å². The SMILES string of the molecule is CC(C)Cc1c(C=O)cnn1C. The lowest BCUT2D eigenvalue weighted by molar-refractivity contribution is 0.112. The quantitative estimate of drug-likeness (QED) is 0.637. The number of hydrogen-bond acceptors (Lipinski definition) is 2. The first-order valence-electron chi connectivity index (χ1n) is 4.11. The number of aldehydes is 1. The summed E-state index contributed by atoms with van der Waals surface area (Å²) in [7, 11) is 1.87. The molecule has 0 fully saturated rings. The van der Waals surface area contributed by atoms with Crippen LogP contribution >= 0.6 is 0 Å². The average Bonchev–Trinajstić information content (AvgIpc) is 2.32. The molecule has 1 rings (SSSR count). The van der Waals surface area contributed by atoms with E-state index in [1.54, 1.807) is 10.9 Å². The summed E-state index contributed by atoms with van der Waals surface area (Å²) in [5, 5.41) is 4.03. The Balaban J connectivity index is 2.94. The minimum Gasteiger partial charge on any atom is -0.298 e. The molecule has 1 aromatic heterocycles. The Morgan fingerprint density at radius 3 is 2.83 bits per heavy atom. The Morgan fingerprint density at radius 1 is 1.67 bits per heavy atom. The van der Waals surface area contributed by atoms with Crippen molar-refractivity contribution in [2.75, 3.05) is 0 Å². The van der Waals surface area contributed by atoms with Crippen LogP contribution in [0, 0.1) is 5.92 Å². The second kappa shape index (κ2) is 3.52. The molecule has 3 nitrogen and oxygen atoms in total. The molecule has 12 heavy (non-hydrogen) atoms. The van der Waals surface area contributed by atoms with Gasteiger partial charge >= 0.3 is 0 Å². The van der Waals surface area contributed by atoms with Crippen molar-refractivity contribution >= 4 is 6.29 Å². The monoisotopic (exact) mass is 166 g/mol. The summed E-state index contributed by atoms with van der Waals surface area (Å²) in [6.07, 6.45) is 3.39. The van der Waals surface area contributed by atoms with E-state index in [9.17, 15) is 4.79 Å². The van der Waals surface area contributed by atoms with Crippen molar-refractivity contribution in [3.8, 4) is 0 Å². The summed E-state index contributed by atoms with van der Waals surface area (Å²) in [6.45, 7) is 4.25. The van der Waals surface area contributed by atoms with Gasteiger partial charge in [-0.3, -0.25) is 9.48 Å². The van der Waals surface area contributed by atoms with Crippen molar-refractivity contribution < 1.29 is 4.79 Å². The summed E-state index contributed by atoms with van der Waals surface area (Å²) in [5.41, 5.74) is 1.74. The molecule has 0 saturated carbocycles. The van der Waals surface area contributed by atoms with Crippen LogP contribution < -0.4 is 0 Å². The molecular weight excluding hydrogens is 152 g/mol. The predicted octanol–water partition coefficient (Wildman–Crippen LogP) is 1.43. The minimum atomic E-state index is 0.555. The molecule has 0 unspecified atom stereocenters. The lowest BCUT2D eigenvalue weighted by Crippen LogP contribution is -2.04. The highest BCUT2D eigenvalue weighted by molar-refractivity contribution is 5.75. The Hall–Kier alpha value is -1.12. The number of hydrogen-bond donors (Lipinski definition) is 0. The zero-order valence-corrected chi connectivity index (χ0v) is 7.74. The van der Waals surface area contributed by atoms with E-state index < -0.39 is 0 Å². The first-order chi connectivity index (χ1) is 5.65. The molecule has 0 amide bonds. The summed E-state index contributed by atoms with van der Waals surface area (Å²) >= 11 is 0. The standard InChI is InChI=1S/C9H14N2O/c1-7(2)4-9-8(6-12)5-10-11(9)3/h5-7H,4H2,1-3H3. The van der Waals surface area contributed by atoms with Gasteiger partial charge in [0.05, 0.1) is 11.8 Å². The second-order valence-electron chi connectivity index (χ2n) is 3.39. The minimum absolute atomic E-state index is 0.555. The van der Waals surface area contributed by atoms with Gasteiger partial charge in [0.25, 0.3) is 0 Å². The molecule has 0 aliphatic rings. The van der Waals surface area contributed by atoms with Gasteiger partial charge in [0.15, 0.2) is 6.29 Å².